The molecule has 0 aromatic carbocycles. The Morgan fingerprint density at radius 3 is 1.97 bits per heavy atom. The fourth-order valence-electron chi connectivity index (χ4n) is 2.00. The van der Waals surface area contributed by atoms with Crippen LogP contribution in [0.3, 0.4) is 0 Å². The molecule has 172 valence electrons. The predicted octanol–water partition coefficient (Wildman–Crippen LogP) is 6.40. The van der Waals surface area contributed by atoms with Crippen molar-refractivity contribution in [3.63, 3.8) is 0 Å². The Morgan fingerprint density at radius 2 is 1.53 bits per heavy atom. The van der Waals surface area contributed by atoms with Gasteiger partial charge in [-0.3, -0.25) is 0 Å². The Balaban J connectivity index is 0.000000579. The van der Waals surface area contributed by atoms with Crippen molar-refractivity contribution in [1.82, 2.24) is 0 Å². The van der Waals surface area contributed by atoms with Gasteiger partial charge in [-0.2, -0.15) is 0 Å². The number of hydrogen-bond donors (Lipinski definition) is 0. The summed E-state index contributed by atoms with van der Waals surface area (Å²) in [5.41, 5.74) is 0.626. The molecule has 1 aliphatic heterocycles. The molecule has 2 unspecified atom stereocenters. The van der Waals surface area contributed by atoms with Crippen molar-refractivity contribution in [3.05, 3.63) is 37.5 Å². The molecule has 1 saturated heterocycles. The second-order valence-electron chi connectivity index (χ2n) is 6.71. The van der Waals surface area contributed by atoms with Gasteiger partial charge in [0.15, 0.2) is 0 Å². The summed E-state index contributed by atoms with van der Waals surface area (Å²) >= 11 is 8.42. The monoisotopic (exact) mass is 620 g/mol. The first-order valence-electron chi connectivity index (χ1n) is 9.93. The van der Waals surface area contributed by atoms with E-state index in [1.165, 1.54) is 34.2 Å². The van der Waals surface area contributed by atoms with Gasteiger partial charge >= 0.3 is 216 Å². The molecule has 1 heterocycles. The van der Waals surface area contributed by atoms with Crippen LogP contribution in [-0.2, 0) is 9.59 Å². The van der Waals surface area contributed by atoms with Crippen molar-refractivity contribution in [3.8, 4) is 0 Å². The Bertz CT molecular complexity index is 523. The third-order valence-electron chi connectivity index (χ3n) is 3.59. The Morgan fingerprint density at radius 1 is 1.03 bits per heavy atom. The normalized spacial score (nSPS) is 17.9. The van der Waals surface area contributed by atoms with Crippen molar-refractivity contribution >= 4 is 87.2 Å². The summed E-state index contributed by atoms with van der Waals surface area (Å²) in [6, 6.07) is 0. The molecule has 0 aliphatic carbocycles. The zero-order valence-corrected chi connectivity index (χ0v) is 25.1. The van der Waals surface area contributed by atoms with Crippen LogP contribution in [0.2, 0.25) is 21.3 Å². The maximum atomic E-state index is 11.3. The van der Waals surface area contributed by atoms with Crippen LogP contribution in [-0.4, -0.2) is 73.7 Å². The van der Waals surface area contributed by atoms with Crippen LogP contribution in [0.4, 0.5) is 0 Å². The number of rotatable bonds is 14. The van der Waals surface area contributed by atoms with E-state index in [0.29, 0.717) is 20.5 Å². The number of carbonyl (C=O) groups is 2. The Kier molecular flexibility index (Phi) is 21.3. The summed E-state index contributed by atoms with van der Waals surface area (Å²) in [5, 5.41) is 7.29. The van der Waals surface area contributed by atoms with Crippen LogP contribution < -0.4 is 0 Å². The molecule has 0 spiro atoms. The summed E-state index contributed by atoms with van der Waals surface area (Å²) in [7, 11) is 0. The molecule has 0 radical (unpaired) electrons. The van der Waals surface area contributed by atoms with E-state index in [1.807, 2.05) is 26.0 Å². The average molecular weight is 619 g/mol. The van der Waals surface area contributed by atoms with Crippen LogP contribution in [0.25, 0.3) is 0 Å². The molecule has 0 amide bonds. The van der Waals surface area contributed by atoms with Gasteiger partial charge in [-0.1, -0.05) is 0 Å². The van der Waals surface area contributed by atoms with Crippen LogP contribution in [0, 0.1) is 5.92 Å². The van der Waals surface area contributed by atoms with Crippen molar-refractivity contribution in [2.45, 2.75) is 52.5 Å². The second kappa shape index (κ2) is 20.6. The van der Waals surface area contributed by atoms with E-state index in [0.717, 1.165) is 59.1 Å². The minimum atomic E-state index is 0.102. The third-order valence-corrected chi connectivity index (χ3v) is 15.3. The summed E-state index contributed by atoms with van der Waals surface area (Å²) in [4.78, 5) is 22.5. The minimum absolute atomic E-state index is 0.102. The van der Waals surface area contributed by atoms with Crippen molar-refractivity contribution < 1.29 is 9.59 Å². The summed E-state index contributed by atoms with van der Waals surface area (Å²) < 4.78 is 0. The third kappa shape index (κ3) is 16.6. The van der Waals surface area contributed by atoms with Gasteiger partial charge in [-0.25, -0.2) is 0 Å². The first kappa shape index (κ1) is 31.0. The van der Waals surface area contributed by atoms with Gasteiger partial charge in [0, 0.05) is 0 Å². The van der Waals surface area contributed by atoms with Crippen molar-refractivity contribution in [1.29, 1.82) is 0 Å². The molecule has 0 aromatic rings. The zero-order chi connectivity index (χ0) is 22.8. The van der Waals surface area contributed by atoms with Crippen LogP contribution in [0.15, 0.2) is 37.5 Å². The molecule has 8 heteroatoms. The molecule has 2 nitrogen and oxygen atoms in total. The topological polar surface area (TPSA) is 34.1 Å². The van der Waals surface area contributed by atoms with E-state index in [4.69, 9.17) is 0 Å². The summed E-state index contributed by atoms with van der Waals surface area (Å²) in [6.07, 6.45) is 4.04. The van der Waals surface area contributed by atoms with Gasteiger partial charge in [0.25, 0.3) is 0 Å². The van der Waals surface area contributed by atoms with E-state index in [2.05, 4.69) is 43.3 Å². The summed E-state index contributed by atoms with van der Waals surface area (Å²) in [6.45, 7) is 16.8. The van der Waals surface area contributed by atoms with Gasteiger partial charge in [-0.15, -0.1) is 0 Å². The Hall–Kier alpha value is 0.999. The van der Waals surface area contributed by atoms with Gasteiger partial charge in [-0.05, 0) is 0 Å². The molecule has 0 N–H and O–H groups in total. The fraction of sp³-hybridized carbons (Fsp3) is 0.636. The first-order chi connectivity index (χ1) is 14.3. The maximum absolute atomic E-state index is 11.3. The molecule has 0 aromatic heterocycles. The quantitative estimate of drug-likeness (QED) is 0.0971. The summed E-state index contributed by atoms with van der Waals surface area (Å²) in [5.74, 6) is 4.18. The number of hydrogen-bond acceptors (Lipinski definition) is 6. The van der Waals surface area contributed by atoms with E-state index in [1.54, 1.807) is 6.92 Å². The van der Waals surface area contributed by atoms with E-state index < -0.39 is 0 Å². The second-order valence-corrected chi connectivity index (χ2v) is 16.2. The van der Waals surface area contributed by atoms with Gasteiger partial charge < -0.3 is 0 Å². The van der Waals surface area contributed by atoms with E-state index in [9.17, 15) is 9.59 Å². The van der Waals surface area contributed by atoms with E-state index >= 15 is 0 Å². The van der Waals surface area contributed by atoms with Gasteiger partial charge in [0.05, 0.1) is 0 Å². The molecular formula is C22H36O2S4Se2. The first-order valence-corrected chi connectivity index (χ1v) is 18.8. The molecule has 0 saturated carbocycles. The fourth-order valence-corrected chi connectivity index (χ4v) is 13.4. The average Bonchev–Trinajstić information content (AvgIpc) is 3.17. The zero-order valence-electron chi connectivity index (χ0n) is 18.4. The molecule has 0 bridgehead atoms. The van der Waals surface area contributed by atoms with Crippen LogP contribution in [0.5, 0.6) is 0 Å². The van der Waals surface area contributed by atoms with Crippen LogP contribution >= 0.6 is 47.0 Å². The molecule has 1 fully saturated rings. The van der Waals surface area contributed by atoms with Crippen molar-refractivity contribution in [2.75, 3.05) is 23.0 Å². The number of thioether (sulfide) groups is 4. The SMILES string of the molecule is C=C(C)C(=O)SCC[Se]CCSC(=O)C(C)C.C=CCSC1C[Se]CC1SCC=C. The van der Waals surface area contributed by atoms with Gasteiger partial charge in [0.2, 0.25) is 0 Å². The molecule has 30 heavy (non-hydrogen) atoms. The van der Waals surface area contributed by atoms with Gasteiger partial charge in [0.1, 0.15) is 0 Å². The molecule has 1 aliphatic rings. The Labute approximate surface area is 214 Å². The van der Waals surface area contributed by atoms with Crippen molar-refractivity contribution in [2.24, 2.45) is 5.92 Å². The molecule has 2 atom stereocenters. The molecule has 1 rings (SSSR count). The van der Waals surface area contributed by atoms with Crippen LogP contribution in [0.1, 0.15) is 20.8 Å². The number of carbonyl (C=O) groups excluding carboxylic acids is 2. The standard InChI is InChI=1S/C12H20O2S2Se.C10H16S2Se/c1-9(2)11(13)15-5-7-17-8-6-16-12(14)10(3)4;1-3-5-11-9-7-13-8-10(9)12-6-4-2/h10H,1,5-8H2,2-4H3;3-4,9-10H,1-2,5-8H2. The molecular weight excluding hydrogens is 582 g/mol. The van der Waals surface area contributed by atoms with E-state index in [-0.39, 0.29) is 16.1 Å². The predicted molar refractivity (Wildman–Crippen MR) is 148 cm³/mol.